The number of aryl methyl sites for hydroxylation is 1. The monoisotopic (exact) mass is 497 g/mol. The number of pyridine rings is 1. The molecule has 0 spiro atoms. The van der Waals surface area contributed by atoms with Crippen LogP contribution in [0, 0.1) is 6.92 Å². The number of aromatic nitrogens is 2. The first-order chi connectivity index (χ1) is 16.5. The SMILES string of the molecule is Cc1ncc(-c2cc(C(F)(F)F)ccc2OC2CC3CC[C@H](C2)N3c2ccc(C(F)(F)F)cn2)o1. The minimum atomic E-state index is -4.53. The van der Waals surface area contributed by atoms with E-state index in [1.807, 2.05) is 4.90 Å². The van der Waals surface area contributed by atoms with Gasteiger partial charge in [-0.15, -0.1) is 0 Å². The average molecular weight is 497 g/mol. The first kappa shape index (κ1) is 23.5. The summed E-state index contributed by atoms with van der Waals surface area (Å²) >= 11 is 0. The van der Waals surface area contributed by atoms with Gasteiger partial charge in [0, 0.05) is 38.0 Å². The van der Waals surface area contributed by atoms with Gasteiger partial charge in [-0.25, -0.2) is 9.97 Å². The minimum Gasteiger partial charge on any atom is -0.489 e. The van der Waals surface area contributed by atoms with Crippen LogP contribution in [0.3, 0.4) is 0 Å². The Morgan fingerprint density at radius 1 is 0.886 bits per heavy atom. The zero-order chi connectivity index (χ0) is 25.0. The molecule has 2 fully saturated rings. The molecule has 0 radical (unpaired) electrons. The number of ether oxygens (including phenoxy) is 1. The maximum Gasteiger partial charge on any atom is 0.417 e. The van der Waals surface area contributed by atoms with E-state index < -0.39 is 23.5 Å². The summed E-state index contributed by atoms with van der Waals surface area (Å²) in [6.07, 6.45) is -4.27. The Bertz CT molecular complexity index is 1190. The van der Waals surface area contributed by atoms with Crippen molar-refractivity contribution in [2.45, 2.75) is 63.1 Å². The van der Waals surface area contributed by atoms with Gasteiger partial charge in [-0.2, -0.15) is 26.3 Å². The third-order valence-corrected chi connectivity index (χ3v) is 6.52. The van der Waals surface area contributed by atoms with Crippen LogP contribution in [0.1, 0.15) is 42.7 Å². The fraction of sp³-hybridized carbons (Fsp3) is 0.417. The highest BCUT2D eigenvalue weighted by atomic mass is 19.4. The van der Waals surface area contributed by atoms with Crippen molar-refractivity contribution < 1.29 is 35.5 Å². The molecule has 5 nitrogen and oxygen atoms in total. The molecule has 2 aliphatic heterocycles. The van der Waals surface area contributed by atoms with E-state index in [4.69, 9.17) is 9.15 Å². The van der Waals surface area contributed by atoms with Crippen molar-refractivity contribution in [1.82, 2.24) is 9.97 Å². The van der Waals surface area contributed by atoms with Gasteiger partial charge in [0.15, 0.2) is 11.7 Å². The number of oxazole rings is 1. The molecular weight excluding hydrogens is 476 g/mol. The summed E-state index contributed by atoms with van der Waals surface area (Å²) in [6, 6.07) is 5.68. The van der Waals surface area contributed by atoms with E-state index in [0.29, 0.717) is 24.6 Å². The van der Waals surface area contributed by atoms with Crippen molar-refractivity contribution in [2.75, 3.05) is 4.90 Å². The minimum absolute atomic E-state index is 0.00779. The zero-order valence-corrected chi connectivity index (χ0v) is 18.5. The maximum absolute atomic E-state index is 13.3. The van der Waals surface area contributed by atoms with Crippen LogP contribution in [0.2, 0.25) is 0 Å². The summed E-state index contributed by atoms with van der Waals surface area (Å²) in [7, 11) is 0. The smallest absolute Gasteiger partial charge is 0.417 e. The van der Waals surface area contributed by atoms with Gasteiger partial charge in [-0.05, 0) is 43.2 Å². The number of nitrogens with zero attached hydrogens (tertiary/aromatic N) is 3. The van der Waals surface area contributed by atoms with Crippen LogP contribution < -0.4 is 9.64 Å². The van der Waals surface area contributed by atoms with E-state index in [1.165, 1.54) is 18.3 Å². The van der Waals surface area contributed by atoms with Gasteiger partial charge >= 0.3 is 12.4 Å². The molecule has 2 aromatic heterocycles. The molecule has 3 aromatic rings. The molecule has 2 saturated heterocycles. The Labute approximate surface area is 196 Å². The van der Waals surface area contributed by atoms with Crippen LogP contribution >= 0.6 is 0 Å². The van der Waals surface area contributed by atoms with Gasteiger partial charge in [-0.1, -0.05) is 0 Å². The molecule has 1 aromatic carbocycles. The highest BCUT2D eigenvalue weighted by Crippen LogP contribution is 2.43. The lowest BCUT2D eigenvalue weighted by Crippen LogP contribution is -2.46. The zero-order valence-electron chi connectivity index (χ0n) is 18.5. The summed E-state index contributed by atoms with van der Waals surface area (Å²) in [6.45, 7) is 1.60. The van der Waals surface area contributed by atoms with Crippen LogP contribution in [0.15, 0.2) is 47.1 Å². The number of hydrogen-bond acceptors (Lipinski definition) is 5. The Balaban J connectivity index is 1.36. The van der Waals surface area contributed by atoms with Crippen LogP contribution in [0.25, 0.3) is 11.3 Å². The fourth-order valence-electron chi connectivity index (χ4n) is 4.97. The van der Waals surface area contributed by atoms with Gasteiger partial charge in [0.1, 0.15) is 17.7 Å². The third-order valence-electron chi connectivity index (χ3n) is 6.52. The quantitative estimate of drug-likeness (QED) is 0.377. The number of fused-ring (bicyclic) bond motifs is 2. The first-order valence-electron chi connectivity index (χ1n) is 11.1. The molecule has 35 heavy (non-hydrogen) atoms. The van der Waals surface area contributed by atoms with E-state index >= 15 is 0 Å². The number of piperidine rings is 1. The lowest BCUT2D eigenvalue weighted by atomic mass is 9.99. The van der Waals surface area contributed by atoms with Crippen LogP contribution in [-0.2, 0) is 12.4 Å². The highest BCUT2D eigenvalue weighted by molar-refractivity contribution is 5.66. The van der Waals surface area contributed by atoms with Crippen LogP contribution in [-0.4, -0.2) is 28.2 Å². The summed E-state index contributed by atoms with van der Waals surface area (Å²) in [5.74, 6) is 1.24. The molecule has 4 heterocycles. The number of hydrogen-bond donors (Lipinski definition) is 0. The summed E-state index contributed by atoms with van der Waals surface area (Å²) in [4.78, 5) is 10.1. The van der Waals surface area contributed by atoms with E-state index in [0.717, 1.165) is 37.2 Å². The lowest BCUT2D eigenvalue weighted by Gasteiger charge is -2.40. The van der Waals surface area contributed by atoms with Crippen LogP contribution in [0.5, 0.6) is 5.75 Å². The van der Waals surface area contributed by atoms with Crippen molar-refractivity contribution in [2.24, 2.45) is 0 Å². The Morgan fingerprint density at radius 2 is 1.54 bits per heavy atom. The summed E-state index contributed by atoms with van der Waals surface area (Å²) < 4.78 is 90.3. The number of halogens is 6. The standard InChI is InChI=1S/C24H21F6N3O2/c1-13-31-12-21(34-13)19-8-14(23(25,26)27)2-6-20(19)35-18-9-16-4-5-17(10-18)33(16)22-7-3-15(11-32-22)24(28,29)30/h2-3,6-8,11-12,16-18H,4-5,9-10H2,1H3/t16-,17?,18?/m1/s1. The molecule has 0 amide bonds. The van der Waals surface area contributed by atoms with Crippen molar-refractivity contribution in [1.29, 1.82) is 0 Å². The molecule has 5 rings (SSSR count). The summed E-state index contributed by atoms with van der Waals surface area (Å²) in [5.41, 5.74) is -1.46. The van der Waals surface area contributed by atoms with Crippen molar-refractivity contribution in [3.05, 3.63) is 59.7 Å². The van der Waals surface area contributed by atoms with E-state index in [9.17, 15) is 26.3 Å². The second-order valence-corrected chi connectivity index (χ2v) is 8.86. The average Bonchev–Trinajstić information content (AvgIpc) is 3.33. The number of alkyl halides is 6. The predicted octanol–water partition coefficient (Wildman–Crippen LogP) is 6.66. The van der Waals surface area contributed by atoms with Crippen molar-refractivity contribution in [3.63, 3.8) is 0 Å². The first-order valence-corrected chi connectivity index (χ1v) is 11.1. The van der Waals surface area contributed by atoms with E-state index in [2.05, 4.69) is 9.97 Å². The van der Waals surface area contributed by atoms with Gasteiger partial charge in [0.25, 0.3) is 0 Å². The molecule has 2 unspecified atom stereocenters. The predicted molar refractivity (Wildman–Crippen MR) is 114 cm³/mol. The molecule has 2 aliphatic rings. The van der Waals surface area contributed by atoms with Crippen molar-refractivity contribution in [3.8, 4) is 17.1 Å². The molecule has 0 N–H and O–H groups in total. The van der Waals surface area contributed by atoms with Gasteiger partial charge in [0.2, 0.25) is 0 Å². The summed E-state index contributed by atoms with van der Waals surface area (Å²) in [5, 5.41) is 0. The topological polar surface area (TPSA) is 51.4 Å². The molecule has 3 atom stereocenters. The Morgan fingerprint density at radius 3 is 2.09 bits per heavy atom. The van der Waals surface area contributed by atoms with Crippen molar-refractivity contribution >= 4 is 5.82 Å². The lowest BCUT2D eigenvalue weighted by molar-refractivity contribution is -0.138. The Kier molecular flexibility index (Phi) is 5.68. The van der Waals surface area contributed by atoms with Crippen LogP contribution in [0.4, 0.5) is 32.2 Å². The number of anilines is 1. The Hall–Kier alpha value is -3.24. The molecule has 0 aliphatic carbocycles. The largest absolute Gasteiger partial charge is 0.489 e. The molecule has 2 bridgehead atoms. The van der Waals surface area contributed by atoms with E-state index in [1.54, 1.807) is 6.92 Å². The second-order valence-electron chi connectivity index (χ2n) is 8.86. The normalized spacial score (nSPS) is 22.5. The van der Waals surface area contributed by atoms with Gasteiger partial charge in [0.05, 0.1) is 22.9 Å². The van der Waals surface area contributed by atoms with Gasteiger partial charge in [-0.3, -0.25) is 0 Å². The highest BCUT2D eigenvalue weighted by Gasteiger charge is 2.43. The molecule has 0 saturated carbocycles. The number of benzene rings is 1. The van der Waals surface area contributed by atoms with Gasteiger partial charge < -0.3 is 14.1 Å². The third kappa shape index (κ3) is 4.68. The molecule has 11 heteroatoms. The molecule has 186 valence electrons. The maximum atomic E-state index is 13.3. The number of rotatable bonds is 4. The second kappa shape index (κ2) is 8.46. The van der Waals surface area contributed by atoms with E-state index in [-0.39, 0.29) is 35.3 Å². The fourth-order valence-corrected chi connectivity index (χ4v) is 4.97. The molecular formula is C24H21F6N3O2.